The number of aromatic nitrogens is 1. The van der Waals surface area contributed by atoms with Crippen LogP contribution in [0.15, 0.2) is 23.4 Å². The van der Waals surface area contributed by atoms with Crippen molar-refractivity contribution in [1.82, 2.24) is 15.2 Å². The molecule has 0 saturated carbocycles. The topological polar surface area (TPSA) is 45.2 Å². The van der Waals surface area contributed by atoms with Gasteiger partial charge in [0.15, 0.2) is 0 Å². The van der Waals surface area contributed by atoms with E-state index in [1.165, 1.54) is 24.6 Å². The molecule has 1 aliphatic rings. The molecule has 1 N–H and O–H groups in total. The number of thioether (sulfide) groups is 1. The number of likely N-dealkylation sites (tertiary alicyclic amines) is 1. The Hall–Kier alpha value is -1.07. The molecule has 4 nitrogen and oxygen atoms in total. The van der Waals surface area contributed by atoms with Gasteiger partial charge in [-0.1, -0.05) is 0 Å². The number of rotatable bonds is 5. The zero-order chi connectivity index (χ0) is 13.7. The molecule has 0 aromatic carbocycles. The standard InChI is InChI=1S/C14H21N3OS/c1-11(17-8-3-4-9-17)10-16-13(18)12-6-5-7-15-14(12)19-2/h5-7,11H,3-4,8-10H2,1-2H3,(H,16,18)/t11-/m1/s1. The molecule has 1 aliphatic heterocycles. The van der Waals surface area contributed by atoms with E-state index < -0.39 is 0 Å². The van der Waals surface area contributed by atoms with Crippen molar-refractivity contribution in [3.05, 3.63) is 23.9 Å². The van der Waals surface area contributed by atoms with E-state index in [2.05, 4.69) is 22.1 Å². The van der Waals surface area contributed by atoms with Gasteiger partial charge in [0, 0.05) is 18.8 Å². The van der Waals surface area contributed by atoms with Crippen LogP contribution >= 0.6 is 11.8 Å². The Morgan fingerprint density at radius 3 is 2.95 bits per heavy atom. The summed E-state index contributed by atoms with van der Waals surface area (Å²) < 4.78 is 0. The summed E-state index contributed by atoms with van der Waals surface area (Å²) in [4.78, 5) is 18.8. The molecule has 0 aliphatic carbocycles. The summed E-state index contributed by atoms with van der Waals surface area (Å²) in [6.45, 7) is 5.17. The summed E-state index contributed by atoms with van der Waals surface area (Å²) in [7, 11) is 0. The molecule has 104 valence electrons. The fourth-order valence-corrected chi connectivity index (χ4v) is 2.92. The van der Waals surface area contributed by atoms with E-state index >= 15 is 0 Å². The van der Waals surface area contributed by atoms with Crippen LogP contribution < -0.4 is 5.32 Å². The average molecular weight is 279 g/mol. The molecule has 1 fully saturated rings. The Labute approximate surface area is 119 Å². The van der Waals surface area contributed by atoms with Crippen LogP contribution in [-0.2, 0) is 0 Å². The van der Waals surface area contributed by atoms with Crippen molar-refractivity contribution in [3.63, 3.8) is 0 Å². The van der Waals surface area contributed by atoms with Crippen molar-refractivity contribution in [3.8, 4) is 0 Å². The number of carbonyl (C=O) groups excluding carboxylic acids is 1. The first-order valence-corrected chi connectivity index (χ1v) is 7.96. The number of hydrogen-bond acceptors (Lipinski definition) is 4. The lowest BCUT2D eigenvalue weighted by atomic mass is 10.2. The van der Waals surface area contributed by atoms with Gasteiger partial charge >= 0.3 is 0 Å². The van der Waals surface area contributed by atoms with Gasteiger partial charge in [0.1, 0.15) is 5.03 Å². The van der Waals surface area contributed by atoms with Crippen molar-refractivity contribution in [2.24, 2.45) is 0 Å². The highest BCUT2D eigenvalue weighted by atomic mass is 32.2. The third-order valence-corrected chi connectivity index (χ3v) is 4.24. The van der Waals surface area contributed by atoms with Crippen LogP contribution in [0.4, 0.5) is 0 Å². The zero-order valence-electron chi connectivity index (χ0n) is 11.6. The minimum absolute atomic E-state index is 0.0245. The Bertz CT molecular complexity index is 432. The molecule has 0 spiro atoms. The van der Waals surface area contributed by atoms with Gasteiger partial charge < -0.3 is 5.32 Å². The average Bonchev–Trinajstić information content (AvgIpc) is 2.98. The van der Waals surface area contributed by atoms with Gasteiger partial charge in [-0.3, -0.25) is 9.69 Å². The number of amides is 1. The fourth-order valence-electron chi connectivity index (χ4n) is 2.37. The predicted octanol–water partition coefficient (Wildman–Crippen LogP) is 2.02. The SMILES string of the molecule is CSc1ncccc1C(=O)NC[C@@H](C)N1CCCC1. The Morgan fingerprint density at radius 1 is 1.53 bits per heavy atom. The highest BCUT2D eigenvalue weighted by Gasteiger charge is 2.19. The van der Waals surface area contributed by atoms with E-state index in [-0.39, 0.29) is 5.91 Å². The lowest BCUT2D eigenvalue weighted by molar-refractivity contribution is 0.0936. The lowest BCUT2D eigenvalue weighted by Crippen LogP contribution is -2.40. The molecule has 1 aromatic heterocycles. The van der Waals surface area contributed by atoms with E-state index in [1.54, 1.807) is 12.3 Å². The maximum absolute atomic E-state index is 12.2. The molecule has 19 heavy (non-hydrogen) atoms. The Kier molecular flexibility index (Phi) is 5.22. The molecule has 2 heterocycles. The molecule has 1 saturated heterocycles. The first-order chi connectivity index (χ1) is 9.22. The normalized spacial score (nSPS) is 17.4. The number of nitrogens with zero attached hydrogens (tertiary/aromatic N) is 2. The molecule has 5 heteroatoms. The maximum atomic E-state index is 12.2. The molecule has 0 radical (unpaired) electrons. The van der Waals surface area contributed by atoms with Gasteiger partial charge in [-0.2, -0.15) is 0 Å². The second kappa shape index (κ2) is 6.91. The third kappa shape index (κ3) is 3.70. The highest BCUT2D eigenvalue weighted by molar-refractivity contribution is 7.98. The molecule has 2 rings (SSSR count). The molecule has 1 amide bonds. The van der Waals surface area contributed by atoms with E-state index in [9.17, 15) is 4.79 Å². The van der Waals surface area contributed by atoms with Crippen molar-refractivity contribution in [2.75, 3.05) is 25.9 Å². The maximum Gasteiger partial charge on any atom is 0.254 e. The van der Waals surface area contributed by atoms with Crippen molar-refractivity contribution in [1.29, 1.82) is 0 Å². The summed E-state index contributed by atoms with van der Waals surface area (Å²) in [5.41, 5.74) is 0.670. The Morgan fingerprint density at radius 2 is 2.26 bits per heavy atom. The molecule has 0 bridgehead atoms. The molecular weight excluding hydrogens is 258 g/mol. The van der Waals surface area contributed by atoms with Crippen molar-refractivity contribution in [2.45, 2.75) is 30.8 Å². The van der Waals surface area contributed by atoms with E-state index in [0.29, 0.717) is 18.2 Å². The summed E-state index contributed by atoms with van der Waals surface area (Å²) >= 11 is 1.50. The second-order valence-corrected chi connectivity index (χ2v) is 5.66. The van der Waals surface area contributed by atoms with E-state index in [1.807, 2.05) is 12.3 Å². The first-order valence-electron chi connectivity index (χ1n) is 6.73. The van der Waals surface area contributed by atoms with Crippen LogP contribution in [0, 0.1) is 0 Å². The van der Waals surface area contributed by atoms with Gasteiger partial charge in [0.2, 0.25) is 0 Å². The minimum Gasteiger partial charge on any atom is -0.350 e. The molecule has 1 aromatic rings. The van der Waals surface area contributed by atoms with Crippen LogP contribution in [0.1, 0.15) is 30.1 Å². The summed E-state index contributed by atoms with van der Waals surface area (Å²) in [6.07, 6.45) is 6.20. The van der Waals surface area contributed by atoms with Gasteiger partial charge in [-0.05, 0) is 51.2 Å². The number of nitrogens with one attached hydrogen (secondary N) is 1. The van der Waals surface area contributed by atoms with Gasteiger partial charge in [0.25, 0.3) is 5.91 Å². The third-order valence-electron chi connectivity index (χ3n) is 3.53. The first kappa shape index (κ1) is 14.3. The second-order valence-electron chi connectivity index (χ2n) is 4.86. The monoisotopic (exact) mass is 279 g/mol. The highest BCUT2D eigenvalue weighted by Crippen LogP contribution is 2.16. The zero-order valence-corrected chi connectivity index (χ0v) is 12.4. The molecule has 0 unspecified atom stereocenters. The lowest BCUT2D eigenvalue weighted by Gasteiger charge is -2.23. The smallest absolute Gasteiger partial charge is 0.254 e. The summed E-state index contributed by atoms with van der Waals surface area (Å²) in [5.74, 6) is -0.0245. The Balaban J connectivity index is 1.90. The van der Waals surface area contributed by atoms with Crippen molar-refractivity contribution < 1.29 is 4.79 Å². The van der Waals surface area contributed by atoms with Gasteiger partial charge in [0.05, 0.1) is 5.56 Å². The quantitative estimate of drug-likeness (QED) is 0.838. The summed E-state index contributed by atoms with van der Waals surface area (Å²) in [6, 6.07) is 4.04. The minimum atomic E-state index is -0.0245. The predicted molar refractivity (Wildman–Crippen MR) is 78.6 cm³/mol. The van der Waals surface area contributed by atoms with Crippen LogP contribution in [0.2, 0.25) is 0 Å². The van der Waals surface area contributed by atoms with E-state index in [4.69, 9.17) is 0 Å². The van der Waals surface area contributed by atoms with Gasteiger partial charge in [-0.25, -0.2) is 4.98 Å². The molecular formula is C14H21N3OS. The van der Waals surface area contributed by atoms with Crippen molar-refractivity contribution >= 4 is 17.7 Å². The summed E-state index contributed by atoms with van der Waals surface area (Å²) in [5, 5.41) is 3.80. The van der Waals surface area contributed by atoms with Crippen LogP contribution in [0.3, 0.4) is 0 Å². The van der Waals surface area contributed by atoms with Crippen LogP contribution in [-0.4, -0.2) is 47.7 Å². The van der Waals surface area contributed by atoms with Crippen LogP contribution in [0.5, 0.6) is 0 Å². The van der Waals surface area contributed by atoms with Gasteiger partial charge in [-0.15, -0.1) is 11.8 Å². The fraction of sp³-hybridized carbons (Fsp3) is 0.571. The largest absolute Gasteiger partial charge is 0.350 e. The molecule has 1 atom stereocenters. The number of carbonyl (C=O) groups is 1. The number of hydrogen-bond donors (Lipinski definition) is 1. The van der Waals surface area contributed by atoms with E-state index in [0.717, 1.165) is 18.1 Å². The van der Waals surface area contributed by atoms with Crippen LogP contribution in [0.25, 0.3) is 0 Å². The number of pyridine rings is 1.